The number of thiophene rings is 1. The Morgan fingerprint density at radius 2 is 2.00 bits per heavy atom. The molecule has 8 heteroatoms. The highest BCUT2D eigenvalue weighted by Gasteiger charge is 2.34. The summed E-state index contributed by atoms with van der Waals surface area (Å²) in [5.74, 6) is 0.706. The van der Waals surface area contributed by atoms with Gasteiger partial charge in [-0.15, -0.1) is 11.3 Å². The molecule has 1 aliphatic rings. The van der Waals surface area contributed by atoms with Crippen molar-refractivity contribution in [2.45, 2.75) is 56.7 Å². The van der Waals surface area contributed by atoms with Crippen molar-refractivity contribution in [1.82, 2.24) is 9.62 Å². The van der Waals surface area contributed by atoms with Crippen molar-refractivity contribution in [3.8, 4) is 5.75 Å². The predicted octanol–water partition coefficient (Wildman–Crippen LogP) is 4.47. The monoisotopic (exact) mass is 464 g/mol. The summed E-state index contributed by atoms with van der Waals surface area (Å²) in [6.07, 6.45) is 1.37. The van der Waals surface area contributed by atoms with E-state index in [0.29, 0.717) is 29.5 Å². The van der Waals surface area contributed by atoms with Crippen LogP contribution in [0.4, 0.5) is 0 Å². The molecular formula is C23H32N2O4S2. The highest BCUT2D eigenvalue weighted by atomic mass is 32.2. The van der Waals surface area contributed by atoms with Gasteiger partial charge in [0.25, 0.3) is 10.0 Å². The molecular weight excluding hydrogens is 432 g/mol. The van der Waals surface area contributed by atoms with Gasteiger partial charge in [0.2, 0.25) is 5.91 Å². The first-order valence-electron chi connectivity index (χ1n) is 10.7. The van der Waals surface area contributed by atoms with Crippen LogP contribution in [0.1, 0.15) is 62.3 Å². The highest BCUT2D eigenvalue weighted by Crippen LogP contribution is 2.32. The molecule has 0 bridgehead atoms. The van der Waals surface area contributed by atoms with Crippen LogP contribution in [0.5, 0.6) is 5.75 Å². The molecule has 2 aromatic rings. The van der Waals surface area contributed by atoms with Crippen LogP contribution in [-0.4, -0.2) is 38.8 Å². The van der Waals surface area contributed by atoms with E-state index >= 15 is 0 Å². The summed E-state index contributed by atoms with van der Waals surface area (Å²) >= 11 is 1.21. The van der Waals surface area contributed by atoms with Crippen LogP contribution in [0.15, 0.2) is 33.9 Å². The molecule has 1 N–H and O–H groups in total. The number of aryl methyl sites for hydroxylation is 1. The van der Waals surface area contributed by atoms with E-state index in [1.165, 1.54) is 15.6 Å². The van der Waals surface area contributed by atoms with E-state index in [4.69, 9.17) is 4.74 Å². The van der Waals surface area contributed by atoms with E-state index in [0.717, 1.165) is 22.4 Å². The van der Waals surface area contributed by atoms with Crippen LogP contribution in [0.2, 0.25) is 0 Å². The van der Waals surface area contributed by atoms with Gasteiger partial charge in [-0.1, -0.05) is 19.9 Å². The van der Waals surface area contributed by atoms with E-state index < -0.39 is 10.0 Å². The van der Waals surface area contributed by atoms with Gasteiger partial charge in [0.1, 0.15) is 9.96 Å². The molecule has 0 aliphatic carbocycles. The molecule has 1 aromatic carbocycles. The lowest BCUT2D eigenvalue weighted by molar-refractivity contribution is -0.126. The average molecular weight is 465 g/mol. The molecule has 2 atom stereocenters. The quantitative estimate of drug-likeness (QED) is 0.656. The Kier molecular flexibility index (Phi) is 7.44. The van der Waals surface area contributed by atoms with Crippen LogP contribution < -0.4 is 10.1 Å². The Hall–Kier alpha value is -1.90. The van der Waals surface area contributed by atoms with E-state index in [-0.39, 0.29) is 24.4 Å². The van der Waals surface area contributed by atoms with Gasteiger partial charge in [-0.3, -0.25) is 4.79 Å². The third-order valence-corrected chi connectivity index (χ3v) is 9.15. The van der Waals surface area contributed by atoms with Crippen LogP contribution in [0.25, 0.3) is 0 Å². The maximum absolute atomic E-state index is 13.0. The number of methoxy groups -OCH3 is 1. The Morgan fingerprint density at radius 3 is 2.61 bits per heavy atom. The minimum Gasteiger partial charge on any atom is -0.496 e. The lowest BCUT2D eigenvalue weighted by Crippen LogP contribution is -2.45. The van der Waals surface area contributed by atoms with Crippen molar-refractivity contribution in [1.29, 1.82) is 0 Å². The Labute approximate surface area is 189 Å². The first kappa shape index (κ1) is 23.8. The van der Waals surface area contributed by atoms with Crippen LogP contribution in [0, 0.1) is 12.8 Å². The maximum Gasteiger partial charge on any atom is 0.252 e. The number of rotatable bonds is 7. The standard InChI is InChI=1S/C23H32N2O4S2/c1-15(2)19-13-20(16(3)12-21(19)29-5)17(4)24-23(26)18-8-6-10-25(14-18)31(27,28)22-9-7-11-30-22/h7,9,11-13,15,17-18H,6,8,10,14H2,1-5H3,(H,24,26)/t17-,18+/m0/s1. The van der Waals surface area contributed by atoms with Crippen molar-refractivity contribution >= 4 is 27.3 Å². The lowest BCUT2D eigenvalue weighted by Gasteiger charge is -2.31. The summed E-state index contributed by atoms with van der Waals surface area (Å²) in [4.78, 5) is 13.0. The van der Waals surface area contributed by atoms with Crippen molar-refractivity contribution < 1.29 is 17.9 Å². The number of carbonyl (C=O) groups excluding carboxylic acids is 1. The molecule has 1 fully saturated rings. The molecule has 0 unspecified atom stereocenters. The summed E-state index contributed by atoms with van der Waals surface area (Å²) in [5, 5.41) is 4.87. The number of piperidine rings is 1. The molecule has 170 valence electrons. The number of carbonyl (C=O) groups is 1. The summed E-state index contributed by atoms with van der Waals surface area (Å²) in [6, 6.07) is 7.29. The molecule has 1 aliphatic heterocycles. The summed E-state index contributed by atoms with van der Waals surface area (Å²) in [6.45, 7) is 8.89. The zero-order valence-corrected chi connectivity index (χ0v) is 20.5. The number of ether oxygens (including phenoxy) is 1. The zero-order valence-electron chi connectivity index (χ0n) is 18.8. The largest absolute Gasteiger partial charge is 0.496 e. The molecule has 2 heterocycles. The van der Waals surface area contributed by atoms with Gasteiger partial charge in [0.15, 0.2) is 0 Å². The first-order chi connectivity index (χ1) is 14.6. The van der Waals surface area contributed by atoms with Gasteiger partial charge in [-0.2, -0.15) is 4.31 Å². The first-order valence-corrected chi connectivity index (χ1v) is 13.0. The molecule has 31 heavy (non-hydrogen) atoms. The molecule has 1 aromatic heterocycles. The summed E-state index contributed by atoms with van der Waals surface area (Å²) < 4.78 is 33.0. The van der Waals surface area contributed by atoms with Crippen molar-refractivity contribution in [3.63, 3.8) is 0 Å². The second kappa shape index (κ2) is 9.71. The number of hydrogen-bond acceptors (Lipinski definition) is 5. The normalized spacial score (nSPS) is 18.7. The minimum atomic E-state index is -3.54. The summed E-state index contributed by atoms with van der Waals surface area (Å²) in [5.41, 5.74) is 3.21. The molecule has 3 rings (SSSR count). The van der Waals surface area contributed by atoms with Crippen LogP contribution >= 0.6 is 11.3 Å². The van der Waals surface area contributed by atoms with Crippen molar-refractivity contribution in [2.24, 2.45) is 5.92 Å². The number of hydrogen-bond donors (Lipinski definition) is 1. The van der Waals surface area contributed by atoms with Gasteiger partial charge in [-0.05, 0) is 72.9 Å². The Morgan fingerprint density at radius 1 is 1.26 bits per heavy atom. The van der Waals surface area contributed by atoms with E-state index in [1.807, 2.05) is 19.9 Å². The van der Waals surface area contributed by atoms with E-state index in [1.54, 1.807) is 24.6 Å². The van der Waals surface area contributed by atoms with E-state index in [9.17, 15) is 13.2 Å². The lowest BCUT2D eigenvalue weighted by atomic mass is 9.92. The highest BCUT2D eigenvalue weighted by molar-refractivity contribution is 7.91. The second-order valence-electron chi connectivity index (χ2n) is 8.47. The fourth-order valence-corrected chi connectivity index (χ4v) is 6.80. The zero-order chi connectivity index (χ0) is 22.8. The van der Waals surface area contributed by atoms with Gasteiger partial charge < -0.3 is 10.1 Å². The van der Waals surface area contributed by atoms with Crippen molar-refractivity contribution in [3.05, 3.63) is 46.3 Å². The number of amides is 1. The SMILES string of the molecule is COc1cc(C)c([C@H](C)NC(=O)[C@@H]2CCCN(S(=O)(=O)c3cccs3)C2)cc1C(C)C. The van der Waals surface area contributed by atoms with Gasteiger partial charge in [0.05, 0.1) is 19.1 Å². The predicted molar refractivity (Wildman–Crippen MR) is 124 cm³/mol. The third-order valence-electron chi connectivity index (χ3n) is 5.91. The summed E-state index contributed by atoms with van der Waals surface area (Å²) in [7, 11) is -1.87. The fourth-order valence-electron chi connectivity index (χ4n) is 4.13. The molecule has 6 nitrogen and oxygen atoms in total. The number of sulfonamides is 1. The Balaban J connectivity index is 1.73. The third kappa shape index (κ3) is 5.13. The average Bonchev–Trinajstić information content (AvgIpc) is 3.29. The minimum absolute atomic E-state index is 0.0973. The second-order valence-corrected chi connectivity index (χ2v) is 11.6. The van der Waals surface area contributed by atoms with Crippen LogP contribution in [-0.2, 0) is 14.8 Å². The van der Waals surface area contributed by atoms with Gasteiger partial charge in [0, 0.05) is 13.1 Å². The topological polar surface area (TPSA) is 75.7 Å². The molecule has 1 saturated heterocycles. The number of nitrogens with one attached hydrogen (secondary N) is 1. The van der Waals surface area contributed by atoms with Gasteiger partial charge >= 0.3 is 0 Å². The Bertz CT molecular complexity index is 1020. The van der Waals surface area contributed by atoms with Crippen molar-refractivity contribution in [2.75, 3.05) is 20.2 Å². The van der Waals surface area contributed by atoms with E-state index in [2.05, 4.69) is 25.2 Å². The molecule has 0 saturated carbocycles. The van der Waals surface area contributed by atoms with Gasteiger partial charge in [-0.25, -0.2) is 8.42 Å². The molecule has 0 radical (unpaired) electrons. The smallest absolute Gasteiger partial charge is 0.252 e. The number of benzene rings is 1. The number of nitrogens with zero attached hydrogens (tertiary/aromatic N) is 1. The molecule has 1 amide bonds. The maximum atomic E-state index is 13.0. The fraction of sp³-hybridized carbons (Fsp3) is 0.522. The molecule has 0 spiro atoms. The van der Waals surface area contributed by atoms with Crippen LogP contribution in [0.3, 0.4) is 0 Å².